The second-order valence-corrected chi connectivity index (χ2v) is 22.4. The molecule has 0 bridgehead atoms. The fraction of sp³-hybridized carbons (Fsp3) is 0.426. The first-order chi connectivity index (χ1) is 27.6. The average molecular weight is 806 g/mol. The van der Waals surface area contributed by atoms with Gasteiger partial charge in [0.15, 0.2) is 0 Å². The van der Waals surface area contributed by atoms with Gasteiger partial charge in [-0.25, -0.2) is 0 Å². The molecule has 7 nitrogen and oxygen atoms in total. The highest BCUT2D eigenvalue weighted by Crippen LogP contribution is 2.52. The monoisotopic (exact) mass is 805 g/mol. The van der Waals surface area contributed by atoms with E-state index in [1.165, 1.54) is 11.0 Å². The van der Waals surface area contributed by atoms with Gasteiger partial charge in [-0.1, -0.05) is 107 Å². The van der Waals surface area contributed by atoms with Crippen LogP contribution in [0.5, 0.6) is 0 Å². The van der Waals surface area contributed by atoms with Crippen LogP contribution in [0.3, 0.4) is 0 Å². The summed E-state index contributed by atoms with van der Waals surface area (Å²) in [7, 11) is -1.12. The van der Waals surface area contributed by atoms with Crippen LogP contribution < -0.4 is 15.3 Å². The van der Waals surface area contributed by atoms with Crippen LogP contribution in [-0.4, -0.2) is 53.6 Å². The Kier molecular flexibility index (Phi) is 10.6. The SMILES string of the molecule is C[C@H]1CCCN(C(CO[Si](c2ccccc2)(c2ccccc2)C(C)(C)C)c2cc3c(c(C(F)(F)F)c2)CN(c2cccc([C@]4(c5nncn5C)C[C@@H](C)C4)c2)C3=O)C1. The lowest BCUT2D eigenvalue weighted by Crippen LogP contribution is -2.67. The predicted octanol–water partition coefficient (Wildman–Crippen LogP) is 9.06. The quantitative estimate of drug-likeness (QED) is 0.132. The Bertz CT molecular complexity index is 2230. The third-order valence-electron chi connectivity index (χ3n) is 13.0. The summed E-state index contributed by atoms with van der Waals surface area (Å²) in [5.41, 5.74) is 1.01. The fourth-order valence-corrected chi connectivity index (χ4v) is 14.9. The molecule has 58 heavy (non-hydrogen) atoms. The van der Waals surface area contributed by atoms with Crippen LogP contribution in [-0.2, 0) is 29.6 Å². The zero-order chi connectivity index (χ0) is 41.0. The number of alkyl halides is 3. The van der Waals surface area contributed by atoms with E-state index in [0.717, 1.165) is 60.5 Å². The van der Waals surface area contributed by atoms with Gasteiger partial charge in [-0.05, 0) is 100 Å². The molecule has 2 atom stereocenters. The third-order valence-corrected chi connectivity index (χ3v) is 18.0. The molecule has 11 heteroatoms. The van der Waals surface area contributed by atoms with Gasteiger partial charge in [0.05, 0.1) is 30.2 Å². The van der Waals surface area contributed by atoms with Crippen molar-refractivity contribution in [2.75, 3.05) is 24.6 Å². The highest BCUT2D eigenvalue weighted by atomic mass is 28.4. The van der Waals surface area contributed by atoms with Crippen molar-refractivity contribution in [2.24, 2.45) is 18.9 Å². The zero-order valence-electron chi connectivity index (χ0n) is 34.4. The number of nitrogens with zero attached hydrogens (tertiary/aromatic N) is 5. The van der Waals surface area contributed by atoms with Crippen LogP contribution in [0.15, 0.2) is 103 Å². The molecule has 3 heterocycles. The van der Waals surface area contributed by atoms with Crippen molar-refractivity contribution in [1.82, 2.24) is 19.7 Å². The van der Waals surface area contributed by atoms with Crippen LogP contribution in [0.1, 0.15) is 105 Å². The van der Waals surface area contributed by atoms with E-state index in [0.29, 0.717) is 23.1 Å². The van der Waals surface area contributed by atoms with Crippen molar-refractivity contribution >= 4 is 30.3 Å². The minimum atomic E-state index is -4.67. The topological polar surface area (TPSA) is 63.5 Å². The highest BCUT2D eigenvalue weighted by Gasteiger charge is 2.52. The summed E-state index contributed by atoms with van der Waals surface area (Å²) < 4.78 is 55.4. The number of aryl methyl sites for hydroxylation is 1. The number of aromatic nitrogens is 3. The Hall–Kier alpha value is -4.58. The van der Waals surface area contributed by atoms with Crippen molar-refractivity contribution in [3.63, 3.8) is 0 Å². The second-order valence-electron chi connectivity index (χ2n) is 18.1. The summed E-state index contributed by atoms with van der Waals surface area (Å²) >= 11 is 0. The van der Waals surface area contributed by atoms with E-state index < -0.39 is 32.0 Å². The molecule has 1 aromatic heterocycles. The Labute approximate surface area is 341 Å². The summed E-state index contributed by atoms with van der Waals surface area (Å²) in [6.45, 7) is 12.5. The number of carbonyl (C=O) groups is 1. The molecule has 0 radical (unpaired) electrons. The molecule has 5 aromatic rings. The number of anilines is 1. The third kappa shape index (κ3) is 7.02. The number of benzene rings is 4. The number of piperidine rings is 1. The van der Waals surface area contributed by atoms with Crippen LogP contribution in [0, 0.1) is 11.8 Å². The van der Waals surface area contributed by atoms with Gasteiger partial charge in [0, 0.05) is 24.8 Å². The average Bonchev–Trinajstić information content (AvgIpc) is 3.77. The second kappa shape index (κ2) is 15.2. The summed E-state index contributed by atoms with van der Waals surface area (Å²) in [5, 5.41) is 10.5. The molecule has 8 rings (SSSR count). The fourth-order valence-electron chi connectivity index (χ4n) is 10.3. The van der Waals surface area contributed by atoms with Crippen LogP contribution >= 0.6 is 0 Å². The Morgan fingerprint density at radius 1 is 0.897 bits per heavy atom. The first-order valence-electron chi connectivity index (χ1n) is 20.6. The van der Waals surface area contributed by atoms with E-state index in [-0.39, 0.29) is 34.7 Å². The maximum absolute atomic E-state index is 15.3. The Balaban J connectivity index is 1.20. The smallest absolute Gasteiger partial charge is 0.405 e. The largest absolute Gasteiger partial charge is 0.416 e. The lowest BCUT2D eigenvalue weighted by Gasteiger charge is -2.46. The lowest BCUT2D eigenvalue weighted by molar-refractivity contribution is -0.138. The minimum Gasteiger partial charge on any atom is -0.405 e. The Morgan fingerprint density at radius 3 is 2.14 bits per heavy atom. The molecule has 0 N–H and O–H groups in total. The van der Waals surface area contributed by atoms with E-state index in [4.69, 9.17) is 4.43 Å². The molecule has 2 aliphatic heterocycles. The number of likely N-dealkylation sites (tertiary alicyclic amines) is 1. The van der Waals surface area contributed by atoms with Gasteiger partial charge in [-0.2, -0.15) is 13.2 Å². The highest BCUT2D eigenvalue weighted by molar-refractivity contribution is 6.99. The molecule has 0 spiro atoms. The van der Waals surface area contributed by atoms with Gasteiger partial charge in [0.2, 0.25) is 0 Å². The number of rotatable bonds is 10. The first kappa shape index (κ1) is 40.2. The van der Waals surface area contributed by atoms with E-state index in [9.17, 15) is 4.79 Å². The molecule has 1 aliphatic carbocycles. The lowest BCUT2D eigenvalue weighted by atomic mass is 9.58. The van der Waals surface area contributed by atoms with Crippen molar-refractivity contribution in [3.8, 4) is 0 Å². The van der Waals surface area contributed by atoms with Crippen LogP contribution in [0.2, 0.25) is 5.04 Å². The van der Waals surface area contributed by atoms with Crippen molar-refractivity contribution < 1.29 is 22.4 Å². The van der Waals surface area contributed by atoms with Crippen molar-refractivity contribution in [3.05, 3.63) is 137 Å². The number of hydrogen-bond donors (Lipinski definition) is 0. The molecule has 4 aromatic carbocycles. The predicted molar refractivity (Wildman–Crippen MR) is 225 cm³/mol. The van der Waals surface area contributed by atoms with E-state index in [1.807, 2.05) is 72.3 Å². The number of amides is 1. The van der Waals surface area contributed by atoms with Crippen molar-refractivity contribution in [1.29, 1.82) is 0 Å². The zero-order valence-corrected chi connectivity index (χ0v) is 35.4. The summed E-state index contributed by atoms with van der Waals surface area (Å²) in [5.74, 6) is 1.27. The molecule has 1 amide bonds. The minimum absolute atomic E-state index is 0.0191. The molecule has 1 saturated heterocycles. The van der Waals surface area contributed by atoms with E-state index in [1.54, 1.807) is 12.4 Å². The molecule has 2 fully saturated rings. The number of carbonyl (C=O) groups excluding carboxylic acids is 1. The van der Waals surface area contributed by atoms with Gasteiger partial charge in [0.1, 0.15) is 12.2 Å². The molecule has 1 unspecified atom stereocenters. The maximum Gasteiger partial charge on any atom is 0.416 e. The van der Waals surface area contributed by atoms with Crippen molar-refractivity contribution in [2.45, 2.75) is 89.5 Å². The number of fused-ring (bicyclic) bond motifs is 1. The Morgan fingerprint density at radius 2 is 1.57 bits per heavy atom. The van der Waals surface area contributed by atoms with Gasteiger partial charge in [0.25, 0.3) is 14.2 Å². The molecule has 304 valence electrons. The molecule has 1 saturated carbocycles. The number of halogens is 3. The molecule has 3 aliphatic rings. The summed E-state index contributed by atoms with van der Waals surface area (Å²) in [6, 6.07) is 30.9. The van der Waals surface area contributed by atoms with Gasteiger partial charge in [-0.15, -0.1) is 10.2 Å². The van der Waals surface area contributed by atoms with Gasteiger partial charge >= 0.3 is 6.18 Å². The molecular formula is C47H54F3N5O2Si. The maximum atomic E-state index is 15.3. The van der Waals surface area contributed by atoms with E-state index in [2.05, 4.69) is 74.0 Å². The molecular weight excluding hydrogens is 752 g/mol. The standard InChI is InChI=1S/C47H54F3N5O2Si/c1-32-15-14-22-54(28-32)42(30-57-58(45(3,4)5,37-18-9-7-10-19-37)38-20-11-8-12-21-38)34-23-39-40(41(24-34)47(48,49)50)29-55(43(39)56)36-17-13-16-35(25-36)46(26-33(2)27-46)44-52-51-31-53(44)6/h7-13,16-21,23-25,31-33,42H,14-15,22,26-30H2,1-6H3/t32-,33-,42?,46+/m0/s1. The van der Waals surface area contributed by atoms with Gasteiger partial charge in [-0.3, -0.25) is 9.69 Å². The first-order valence-corrected chi connectivity index (χ1v) is 22.5. The van der Waals surface area contributed by atoms with E-state index >= 15 is 13.2 Å². The summed E-state index contributed by atoms with van der Waals surface area (Å²) in [4.78, 5) is 18.4. The van der Waals surface area contributed by atoms with Crippen LogP contribution in [0.25, 0.3) is 0 Å². The normalized spacial score (nSPS) is 22.2. The number of hydrogen-bond acceptors (Lipinski definition) is 5. The summed E-state index contributed by atoms with van der Waals surface area (Å²) in [6.07, 6.45) is 0.745. The van der Waals surface area contributed by atoms with Gasteiger partial charge < -0.3 is 13.9 Å². The van der Waals surface area contributed by atoms with Crippen LogP contribution in [0.4, 0.5) is 18.9 Å².